The van der Waals surface area contributed by atoms with E-state index in [4.69, 9.17) is 27.9 Å². The number of rotatable bonds is 7. The van der Waals surface area contributed by atoms with Crippen molar-refractivity contribution in [1.82, 2.24) is 5.32 Å². The fraction of sp³-hybridized carbons (Fsp3) is 0.455. The Morgan fingerprint density at radius 1 is 1.31 bits per heavy atom. The van der Waals surface area contributed by atoms with Gasteiger partial charge in [-0.15, -0.1) is 11.8 Å². The molecule has 0 bridgehead atoms. The summed E-state index contributed by atoms with van der Waals surface area (Å²) in [6, 6.07) is 5.51. The monoisotopic (exact) mass is 279 g/mol. The maximum absolute atomic E-state index is 6.04. The van der Waals surface area contributed by atoms with Gasteiger partial charge in [0.2, 0.25) is 0 Å². The molecule has 0 saturated heterocycles. The minimum absolute atomic E-state index is 0.722. The van der Waals surface area contributed by atoms with Crippen LogP contribution in [0, 0.1) is 0 Å². The van der Waals surface area contributed by atoms with Crippen molar-refractivity contribution in [1.29, 1.82) is 0 Å². The average molecular weight is 280 g/mol. The highest BCUT2D eigenvalue weighted by atomic mass is 35.5. The quantitative estimate of drug-likeness (QED) is 0.611. The highest BCUT2D eigenvalue weighted by Gasteiger charge is 2.01. The lowest BCUT2D eigenvalue weighted by Crippen LogP contribution is -2.21. The summed E-state index contributed by atoms with van der Waals surface area (Å²) in [7, 11) is 1.70. The van der Waals surface area contributed by atoms with Crippen LogP contribution in [0.15, 0.2) is 23.1 Å². The molecular formula is C11H15Cl2NOS. The molecule has 0 aliphatic rings. The second-order valence-electron chi connectivity index (χ2n) is 3.17. The number of ether oxygens (including phenoxy) is 1. The van der Waals surface area contributed by atoms with Crippen LogP contribution in [-0.2, 0) is 4.74 Å². The van der Waals surface area contributed by atoms with Crippen molar-refractivity contribution in [2.24, 2.45) is 0 Å². The van der Waals surface area contributed by atoms with Gasteiger partial charge in [0.05, 0.1) is 11.6 Å². The Balaban J connectivity index is 2.23. The van der Waals surface area contributed by atoms with Gasteiger partial charge in [-0.3, -0.25) is 0 Å². The van der Waals surface area contributed by atoms with Gasteiger partial charge in [-0.2, -0.15) is 0 Å². The lowest BCUT2D eigenvalue weighted by molar-refractivity contribution is 0.200. The molecule has 0 heterocycles. The molecule has 0 aliphatic heterocycles. The number of hydrogen-bond acceptors (Lipinski definition) is 3. The molecule has 90 valence electrons. The van der Waals surface area contributed by atoms with Crippen LogP contribution in [0.25, 0.3) is 0 Å². The summed E-state index contributed by atoms with van der Waals surface area (Å²) < 4.78 is 4.93. The Morgan fingerprint density at radius 2 is 2.12 bits per heavy atom. The SMILES string of the molecule is COCCNCCSc1cc(Cl)ccc1Cl. The van der Waals surface area contributed by atoms with Gasteiger partial charge in [0, 0.05) is 35.9 Å². The number of benzene rings is 1. The Labute approximate surface area is 111 Å². The second-order valence-corrected chi connectivity index (χ2v) is 5.15. The van der Waals surface area contributed by atoms with E-state index >= 15 is 0 Å². The van der Waals surface area contributed by atoms with Gasteiger partial charge >= 0.3 is 0 Å². The van der Waals surface area contributed by atoms with E-state index in [2.05, 4.69) is 5.32 Å². The topological polar surface area (TPSA) is 21.3 Å². The van der Waals surface area contributed by atoms with Gasteiger partial charge in [-0.1, -0.05) is 23.2 Å². The lowest BCUT2D eigenvalue weighted by atomic mass is 10.4. The number of halogens is 2. The van der Waals surface area contributed by atoms with Crippen LogP contribution in [0.2, 0.25) is 10.0 Å². The van der Waals surface area contributed by atoms with E-state index in [1.807, 2.05) is 12.1 Å². The summed E-state index contributed by atoms with van der Waals surface area (Å²) in [4.78, 5) is 1.03. The van der Waals surface area contributed by atoms with Crippen molar-refractivity contribution in [2.45, 2.75) is 4.90 Å². The van der Waals surface area contributed by atoms with E-state index in [0.29, 0.717) is 0 Å². The fourth-order valence-corrected chi connectivity index (χ4v) is 2.52. The number of nitrogens with one attached hydrogen (secondary N) is 1. The molecule has 1 N–H and O–H groups in total. The summed E-state index contributed by atoms with van der Waals surface area (Å²) >= 11 is 13.6. The minimum atomic E-state index is 0.722. The first-order chi connectivity index (χ1) is 7.74. The van der Waals surface area contributed by atoms with Crippen molar-refractivity contribution < 1.29 is 4.74 Å². The molecule has 0 spiro atoms. The van der Waals surface area contributed by atoms with Gasteiger partial charge < -0.3 is 10.1 Å². The van der Waals surface area contributed by atoms with Crippen LogP contribution in [0.1, 0.15) is 0 Å². The first kappa shape index (κ1) is 14.1. The fourth-order valence-electron chi connectivity index (χ4n) is 1.12. The predicted molar refractivity (Wildman–Crippen MR) is 71.9 cm³/mol. The Morgan fingerprint density at radius 3 is 2.88 bits per heavy atom. The molecule has 16 heavy (non-hydrogen) atoms. The summed E-state index contributed by atoms with van der Waals surface area (Å²) in [5.41, 5.74) is 0. The molecule has 1 aromatic carbocycles. The van der Waals surface area contributed by atoms with Crippen molar-refractivity contribution >= 4 is 35.0 Å². The summed E-state index contributed by atoms with van der Waals surface area (Å²) in [6.45, 7) is 2.54. The third kappa shape index (κ3) is 5.41. The average Bonchev–Trinajstić information content (AvgIpc) is 2.28. The Kier molecular flexibility index (Phi) is 7.25. The molecule has 0 saturated carbocycles. The van der Waals surface area contributed by atoms with Crippen LogP contribution >= 0.6 is 35.0 Å². The van der Waals surface area contributed by atoms with Gasteiger partial charge in [-0.25, -0.2) is 0 Å². The highest BCUT2D eigenvalue weighted by Crippen LogP contribution is 2.29. The van der Waals surface area contributed by atoms with Gasteiger partial charge in [0.25, 0.3) is 0 Å². The molecule has 0 unspecified atom stereocenters. The highest BCUT2D eigenvalue weighted by molar-refractivity contribution is 7.99. The minimum Gasteiger partial charge on any atom is -0.383 e. The molecule has 0 aliphatic carbocycles. The van der Waals surface area contributed by atoms with E-state index < -0.39 is 0 Å². The number of hydrogen-bond donors (Lipinski definition) is 1. The number of thioether (sulfide) groups is 1. The van der Waals surface area contributed by atoms with Crippen LogP contribution in [0.5, 0.6) is 0 Å². The molecular weight excluding hydrogens is 265 g/mol. The van der Waals surface area contributed by atoms with Gasteiger partial charge in [0.15, 0.2) is 0 Å². The predicted octanol–water partition coefficient (Wildman–Crippen LogP) is 3.32. The third-order valence-electron chi connectivity index (χ3n) is 1.91. The molecule has 0 radical (unpaired) electrons. The normalized spacial score (nSPS) is 10.7. The van der Waals surface area contributed by atoms with Crippen LogP contribution in [-0.4, -0.2) is 32.6 Å². The zero-order chi connectivity index (χ0) is 11.8. The van der Waals surface area contributed by atoms with Crippen LogP contribution in [0.3, 0.4) is 0 Å². The third-order valence-corrected chi connectivity index (χ3v) is 3.65. The molecule has 0 aromatic heterocycles. The van der Waals surface area contributed by atoms with E-state index in [1.54, 1.807) is 24.9 Å². The maximum atomic E-state index is 6.04. The summed E-state index contributed by atoms with van der Waals surface area (Å²) in [5.74, 6) is 0.962. The second kappa shape index (κ2) is 8.20. The van der Waals surface area contributed by atoms with Crippen molar-refractivity contribution in [3.05, 3.63) is 28.2 Å². The maximum Gasteiger partial charge on any atom is 0.0587 e. The van der Waals surface area contributed by atoms with Crippen LogP contribution < -0.4 is 5.32 Å². The largest absolute Gasteiger partial charge is 0.383 e. The van der Waals surface area contributed by atoms with Crippen LogP contribution in [0.4, 0.5) is 0 Å². The Hall–Kier alpha value is 0.0700. The zero-order valence-corrected chi connectivity index (χ0v) is 11.5. The first-order valence-corrected chi connectivity index (χ1v) is 6.75. The van der Waals surface area contributed by atoms with Crippen molar-refractivity contribution in [3.63, 3.8) is 0 Å². The van der Waals surface area contributed by atoms with E-state index in [1.165, 1.54) is 0 Å². The molecule has 0 atom stereocenters. The lowest BCUT2D eigenvalue weighted by Gasteiger charge is -2.06. The molecule has 2 nitrogen and oxygen atoms in total. The Bertz CT molecular complexity index is 323. The summed E-state index contributed by atoms with van der Waals surface area (Å²) in [6.07, 6.45) is 0. The first-order valence-electron chi connectivity index (χ1n) is 5.01. The zero-order valence-electron chi connectivity index (χ0n) is 9.13. The van der Waals surface area contributed by atoms with Crippen molar-refractivity contribution in [3.8, 4) is 0 Å². The smallest absolute Gasteiger partial charge is 0.0587 e. The molecule has 5 heteroatoms. The van der Waals surface area contributed by atoms with Gasteiger partial charge in [-0.05, 0) is 18.2 Å². The molecule has 0 fully saturated rings. The summed E-state index contributed by atoms with van der Waals surface area (Å²) in [5, 5.41) is 4.75. The molecule has 0 amide bonds. The van der Waals surface area contributed by atoms with E-state index in [-0.39, 0.29) is 0 Å². The molecule has 1 rings (SSSR count). The van der Waals surface area contributed by atoms with Gasteiger partial charge in [0.1, 0.15) is 0 Å². The number of methoxy groups -OCH3 is 1. The van der Waals surface area contributed by atoms with E-state index in [0.717, 1.165) is 40.4 Å². The van der Waals surface area contributed by atoms with E-state index in [9.17, 15) is 0 Å². The standard InChI is InChI=1S/C11H15Cl2NOS/c1-15-6-4-14-5-7-16-11-8-9(12)2-3-10(11)13/h2-3,8,14H,4-7H2,1H3. The van der Waals surface area contributed by atoms with Crippen molar-refractivity contribution in [2.75, 3.05) is 32.6 Å². The molecule has 1 aromatic rings.